The van der Waals surface area contributed by atoms with Gasteiger partial charge in [-0.3, -0.25) is 9.79 Å². The topological polar surface area (TPSA) is 65.5 Å². The minimum absolute atomic E-state index is 0. The number of guanidine groups is 1. The SMILES string of the molecule is CCNC(=NCC(C)C)NCCC(=O)Nc1ccc(Br)cc1.I. The lowest BCUT2D eigenvalue weighted by Gasteiger charge is -2.12. The normalized spacial score (nSPS) is 10.9. The molecule has 1 aromatic rings. The van der Waals surface area contributed by atoms with E-state index >= 15 is 0 Å². The fourth-order valence-corrected chi connectivity index (χ4v) is 1.93. The number of carbonyl (C=O) groups is 1. The molecule has 1 rings (SSSR count). The molecular weight excluding hydrogens is 471 g/mol. The highest BCUT2D eigenvalue weighted by Gasteiger charge is 2.04. The maximum absolute atomic E-state index is 11.9. The minimum Gasteiger partial charge on any atom is -0.357 e. The lowest BCUT2D eigenvalue weighted by molar-refractivity contribution is -0.116. The monoisotopic (exact) mass is 496 g/mol. The van der Waals surface area contributed by atoms with Crippen LogP contribution in [0.4, 0.5) is 5.69 Å². The highest BCUT2D eigenvalue weighted by Crippen LogP contribution is 2.14. The average molecular weight is 497 g/mol. The van der Waals surface area contributed by atoms with Crippen LogP contribution in [0.1, 0.15) is 27.2 Å². The second-order valence-corrected chi connectivity index (χ2v) is 6.26. The number of nitrogens with zero attached hydrogens (tertiary/aromatic N) is 1. The van der Waals surface area contributed by atoms with Gasteiger partial charge in [0.2, 0.25) is 5.91 Å². The first kappa shape index (κ1) is 22.2. The number of rotatable bonds is 7. The zero-order chi connectivity index (χ0) is 16.4. The molecule has 130 valence electrons. The number of amides is 1. The maximum atomic E-state index is 11.9. The van der Waals surface area contributed by atoms with E-state index in [4.69, 9.17) is 0 Å². The minimum atomic E-state index is -0.0190. The number of carbonyl (C=O) groups excluding carboxylic acids is 1. The Balaban J connectivity index is 0.00000484. The predicted octanol–water partition coefficient (Wildman–Crippen LogP) is 3.61. The Bertz CT molecular complexity index is 491. The maximum Gasteiger partial charge on any atom is 0.226 e. The first-order chi connectivity index (χ1) is 10.5. The van der Waals surface area contributed by atoms with Crippen LogP contribution in [0.5, 0.6) is 0 Å². The lowest BCUT2D eigenvalue weighted by atomic mass is 10.2. The summed E-state index contributed by atoms with van der Waals surface area (Å²) in [5.41, 5.74) is 0.800. The van der Waals surface area contributed by atoms with E-state index in [1.165, 1.54) is 0 Å². The number of hydrogen-bond acceptors (Lipinski definition) is 2. The van der Waals surface area contributed by atoms with Crippen LogP contribution < -0.4 is 16.0 Å². The summed E-state index contributed by atoms with van der Waals surface area (Å²) >= 11 is 3.37. The Morgan fingerprint density at radius 3 is 2.43 bits per heavy atom. The van der Waals surface area contributed by atoms with Crippen molar-refractivity contribution in [3.05, 3.63) is 28.7 Å². The third-order valence-electron chi connectivity index (χ3n) is 2.73. The lowest BCUT2D eigenvalue weighted by Crippen LogP contribution is -2.39. The van der Waals surface area contributed by atoms with E-state index in [0.717, 1.165) is 29.2 Å². The van der Waals surface area contributed by atoms with Crippen molar-refractivity contribution in [2.45, 2.75) is 27.2 Å². The zero-order valence-corrected chi connectivity index (χ0v) is 17.8. The fourth-order valence-electron chi connectivity index (χ4n) is 1.67. The van der Waals surface area contributed by atoms with Crippen LogP contribution in [-0.4, -0.2) is 31.5 Å². The first-order valence-corrected chi connectivity index (χ1v) is 8.38. The predicted molar refractivity (Wildman–Crippen MR) is 112 cm³/mol. The summed E-state index contributed by atoms with van der Waals surface area (Å²) in [5, 5.41) is 9.21. The quantitative estimate of drug-likeness (QED) is 0.307. The van der Waals surface area contributed by atoms with Gasteiger partial charge in [-0.2, -0.15) is 0 Å². The molecule has 0 aliphatic heterocycles. The van der Waals surface area contributed by atoms with Gasteiger partial charge >= 0.3 is 0 Å². The van der Waals surface area contributed by atoms with Crippen LogP contribution in [0.3, 0.4) is 0 Å². The van der Waals surface area contributed by atoms with Gasteiger partial charge in [-0.25, -0.2) is 0 Å². The first-order valence-electron chi connectivity index (χ1n) is 7.59. The van der Waals surface area contributed by atoms with E-state index in [1.807, 2.05) is 31.2 Å². The average Bonchev–Trinajstić information content (AvgIpc) is 2.47. The van der Waals surface area contributed by atoms with Gasteiger partial charge in [-0.05, 0) is 37.1 Å². The Hall–Kier alpha value is -0.830. The third-order valence-corrected chi connectivity index (χ3v) is 3.26. The molecule has 0 bridgehead atoms. The summed E-state index contributed by atoms with van der Waals surface area (Å²) in [6.07, 6.45) is 0.391. The Labute approximate surface area is 164 Å². The van der Waals surface area contributed by atoms with E-state index in [9.17, 15) is 4.79 Å². The molecule has 1 aromatic carbocycles. The highest BCUT2D eigenvalue weighted by atomic mass is 127. The van der Waals surface area contributed by atoms with E-state index in [-0.39, 0.29) is 29.9 Å². The molecule has 0 saturated carbocycles. The molecule has 0 radical (unpaired) electrons. The second-order valence-electron chi connectivity index (χ2n) is 5.35. The second kappa shape index (κ2) is 12.6. The van der Waals surface area contributed by atoms with Crippen molar-refractivity contribution in [3.63, 3.8) is 0 Å². The zero-order valence-electron chi connectivity index (χ0n) is 13.9. The van der Waals surface area contributed by atoms with Gasteiger partial charge in [0, 0.05) is 36.2 Å². The Morgan fingerprint density at radius 2 is 1.87 bits per heavy atom. The van der Waals surface area contributed by atoms with Crippen LogP contribution in [0, 0.1) is 5.92 Å². The summed E-state index contributed by atoms with van der Waals surface area (Å²) in [6.45, 7) is 8.38. The van der Waals surface area contributed by atoms with E-state index < -0.39 is 0 Å². The van der Waals surface area contributed by atoms with Crippen LogP contribution in [0.15, 0.2) is 33.7 Å². The molecule has 0 aliphatic rings. The molecule has 0 aliphatic carbocycles. The summed E-state index contributed by atoms with van der Waals surface area (Å²) in [6, 6.07) is 7.53. The molecule has 3 N–H and O–H groups in total. The molecule has 1 amide bonds. The smallest absolute Gasteiger partial charge is 0.226 e. The molecule has 7 heteroatoms. The molecular formula is C16H26BrIN4O. The Kier molecular flexibility index (Phi) is 12.1. The largest absolute Gasteiger partial charge is 0.357 e. The van der Waals surface area contributed by atoms with Gasteiger partial charge in [0.05, 0.1) is 0 Å². The van der Waals surface area contributed by atoms with Crippen molar-refractivity contribution < 1.29 is 4.79 Å². The van der Waals surface area contributed by atoms with Crippen molar-refractivity contribution in [3.8, 4) is 0 Å². The van der Waals surface area contributed by atoms with Gasteiger partial charge in [0.1, 0.15) is 0 Å². The van der Waals surface area contributed by atoms with Gasteiger partial charge in [-0.15, -0.1) is 24.0 Å². The molecule has 0 spiro atoms. The number of halogens is 2. The summed E-state index contributed by atoms with van der Waals surface area (Å²) in [5.74, 6) is 1.25. The number of hydrogen-bond donors (Lipinski definition) is 3. The Morgan fingerprint density at radius 1 is 1.22 bits per heavy atom. The number of anilines is 1. The van der Waals surface area contributed by atoms with E-state index in [2.05, 4.69) is 50.7 Å². The van der Waals surface area contributed by atoms with Crippen molar-refractivity contribution in [2.75, 3.05) is 25.0 Å². The highest BCUT2D eigenvalue weighted by molar-refractivity contribution is 14.0. The molecule has 0 unspecified atom stereocenters. The molecule has 0 fully saturated rings. The van der Waals surface area contributed by atoms with Crippen LogP contribution in [0.2, 0.25) is 0 Å². The van der Waals surface area contributed by atoms with Gasteiger partial charge in [-0.1, -0.05) is 29.8 Å². The number of benzene rings is 1. The van der Waals surface area contributed by atoms with Crippen molar-refractivity contribution >= 4 is 57.5 Å². The van der Waals surface area contributed by atoms with Gasteiger partial charge in [0.15, 0.2) is 5.96 Å². The molecule has 0 heterocycles. The number of nitrogens with one attached hydrogen (secondary N) is 3. The third kappa shape index (κ3) is 10.5. The molecule has 23 heavy (non-hydrogen) atoms. The van der Waals surface area contributed by atoms with Gasteiger partial charge in [0.25, 0.3) is 0 Å². The summed E-state index contributed by atoms with van der Waals surface area (Å²) in [4.78, 5) is 16.3. The van der Waals surface area contributed by atoms with Gasteiger partial charge < -0.3 is 16.0 Å². The summed E-state index contributed by atoms with van der Waals surface area (Å²) in [7, 11) is 0. The van der Waals surface area contributed by atoms with Crippen LogP contribution in [0.25, 0.3) is 0 Å². The molecule has 0 atom stereocenters. The number of aliphatic imine (C=N–C) groups is 1. The van der Waals surface area contributed by atoms with E-state index in [1.54, 1.807) is 0 Å². The van der Waals surface area contributed by atoms with Crippen molar-refractivity contribution in [1.29, 1.82) is 0 Å². The molecule has 5 nitrogen and oxygen atoms in total. The molecule has 0 saturated heterocycles. The van der Waals surface area contributed by atoms with Crippen molar-refractivity contribution in [2.24, 2.45) is 10.9 Å². The van der Waals surface area contributed by atoms with E-state index in [0.29, 0.717) is 18.9 Å². The van der Waals surface area contributed by atoms with Crippen LogP contribution in [-0.2, 0) is 4.79 Å². The fraction of sp³-hybridized carbons (Fsp3) is 0.500. The van der Waals surface area contributed by atoms with Crippen molar-refractivity contribution in [1.82, 2.24) is 10.6 Å². The standard InChI is InChI=1S/C16H25BrN4O.HI/c1-4-18-16(20-11-12(2)3)19-10-9-15(22)21-14-7-5-13(17)6-8-14;/h5-8,12H,4,9-11H2,1-3H3,(H,21,22)(H2,18,19,20);1H. The van der Waals surface area contributed by atoms with Crippen LogP contribution >= 0.6 is 39.9 Å². The summed E-state index contributed by atoms with van der Waals surface area (Å²) < 4.78 is 0.990. The molecule has 0 aromatic heterocycles.